The van der Waals surface area contributed by atoms with E-state index in [0.29, 0.717) is 18.7 Å². The van der Waals surface area contributed by atoms with Gasteiger partial charge in [0.25, 0.3) is 0 Å². The summed E-state index contributed by atoms with van der Waals surface area (Å²) in [5, 5.41) is 29.6. The highest BCUT2D eigenvalue weighted by Crippen LogP contribution is 2.26. The summed E-state index contributed by atoms with van der Waals surface area (Å²) in [6, 6.07) is 11.0. The summed E-state index contributed by atoms with van der Waals surface area (Å²) in [7, 11) is 1.60. The molecule has 9 nitrogen and oxygen atoms in total. The molecule has 1 fully saturated rings. The van der Waals surface area contributed by atoms with Gasteiger partial charge in [0.05, 0.1) is 6.61 Å². The summed E-state index contributed by atoms with van der Waals surface area (Å²) in [6.45, 7) is 2.46. The number of aromatic nitrogens is 4. The first kappa shape index (κ1) is 22.0. The monoisotopic (exact) mass is 438 g/mol. The largest absolute Gasteiger partial charge is 0.508 e. The van der Waals surface area contributed by atoms with Gasteiger partial charge in [0, 0.05) is 31.5 Å². The lowest BCUT2D eigenvalue weighted by Gasteiger charge is -2.33. The number of aromatic hydroxyl groups is 1. The quantitative estimate of drug-likeness (QED) is 0.495. The van der Waals surface area contributed by atoms with Crippen LogP contribution in [0.3, 0.4) is 0 Å². The zero-order valence-electron chi connectivity index (χ0n) is 18.5. The van der Waals surface area contributed by atoms with Crippen molar-refractivity contribution in [2.75, 3.05) is 19.0 Å². The minimum absolute atomic E-state index is 0.0118. The maximum Gasteiger partial charge on any atom is 0.222 e. The van der Waals surface area contributed by atoms with Gasteiger partial charge in [0.2, 0.25) is 5.91 Å². The number of methoxy groups -OCH3 is 1. The van der Waals surface area contributed by atoms with Crippen molar-refractivity contribution >= 4 is 17.4 Å². The highest BCUT2D eigenvalue weighted by molar-refractivity contribution is 5.76. The molecular formula is C23H30N6O3. The summed E-state index contributed by atoms with van der Waals surface area (Å²) in [5.41, 5.74) is 1.69. The van der Waals surface area contributed by atoms with Crippen molar-refractivity contribution in [1.29, 1.82) is 0 Å². The maximum atomic E-state index is 12.2. The van der Waals surface area contributed by atoms with Crippen LogP contribution in [0.2, 0.25) is 0 Å². The number of amides is 1. The molecule has 1 amide bonds. The minimum Gasteiger partial charge on any atom is -0.508 e. The minimum atomic E-state index is -0.0455. The Balaban J connectivity index is 1.52. The summed E-state index contributed by atoms with van der Waals surface area (Å²) in [4.78, 5) is 12.2. The number of nitrogens with one attached hydrogen (secondary N) is 2. The van der Waals surface area contributed by atoms with Crippen molar-refractivity contribution in [2.45, 2.75) is 57.0 Å². The number of carbonyl (C=O) groups is 1. The molecule has 4 rings (SSSR count). The summed E-state index contributed by atoms with van der Waals surface area (Å²) >= 11 is 0. The van der Waals surface area contributed by atoms with Crippen molar-refractivity contribution < 1.29 is 14.6 Å². The number of carbonyl (C=O) groups excluding carboxylic acids is 1. The Morgan fingerprint density at radius 1 is 1.16 bits per heavy atom. The SMILES string of the molecule is COCCC(=O)N[C@H]1CCCC[C@H]1Nc1ccc2nnc([C@@H](C)c3ccc(O)cc3)n2n1. The van der Waals surface area contributed by atoms with Gasteiger partial charge in [-0.3, -0.25) is 4.79 Å². The van der Waals surface area contributed by atoms with Crippen LogP contribution in [0.4, 0.5) is 5.82 Å². The van der Waals surface area contributed by atoms with Gasteiger partial charge >= 0.3 is 0 Å². The highest BCUT2D eigenvalue weighted by atomic mass is 16.5. The van der Waals surface area contributed by atoms with Crippen LogP contribution in [0.15, 0.2) is 36.4 Å². The number of hydrogen-bond donors (Lipinski definition) is 3. The van der Waals surface area contributed by atoms with Crippen LogP contribution in [-0.4, -0.2) is 56.6 Å². The van der Waals surface area contributed by atoms with Crippen LogP contribution in [0, 0.1) is 0 Å². The van der Waals surface area contributed by atoms with Gasteiger partial charge < -0.3 is 20.5 Å². The van der Waals surface area contributed by atoms with Crippen LogP contribution in [-0.2, 0) is 9.53 Å². The second kappa shape index (κ2) is 9.95. The Bertz CT molecular complexity index is 1050. The van der Waals surface area contributed by atoms with Crippen molar-refractivity contribution in [3.8, 4) is 5.75 Å². The molecule has 1 aromatic carbocycles. The molecule has 3 aromatic rings. The number of nitrogens with zero attached hydrogens (tertiary/aromatic N) is 4. The van der Waals surface area contributed by atoms with Gasteiger partial charge in [-0.15, -0.1) is 15.3 Å². The van der Waals surface area contributed by atoms with Crippen molar-refractivity contribution in [3.05, 3.63) is 47.8 Å². The first-order chi connectivity index (χ1) is 15.5. The topological polar surface area (TPSA) is 114 Å². The fourth-order valence-corrected chi connectivity index (χ4v) is 4.20. The van der Waals surface area contributed by atoms with Crippen molar-refractivity contribution in [2.24, 2.45) is 0 Å². The van der Waals surface area contributed by atoms with Crippen LogP contribution in [0.1, 0.15) is 56.3 Å². The molecular weight excluding hydrogens is 408 g/mol. The van der Waals surface area contributed by atoms with Crippen molar-refractivity contribution in [3.63, 3.8) is 0 Å². The lowest BCUT2D eigenvalue weighted by atomic mass is 9.90. The third-order valence-corrected chi connectivity index (χ3v) is 6.05. The van der Waals surface area contributed by atoms with E-state index in [4.69, 9.17) is 9.84 Å². The zero-order valence-corrected chi connectivity index (χ0v) is 18.5. The Labute approximate surface area is 187 Å². The van der Waals surface area contributed by atoms with Crippen LogP contribution in [0.5, 0.6) is 5.75 Å². The normalized spacial score (nSPS) is 19.6. The first-order valence-corrected chi connectivity index (χ1v) is 11.1. The molecule has 1 aliphatic carbocycles. The molecule has 0 spiro atoms. The number of phenolic OH excluding ortho intramolecular Hbond substituents is 1. The van der Waals surface area contributed by atoms with E-state index in [0.717, 1.165) is 42.9 Å². The number of rotatable bonds is 8. The fraction of sp³-hybridized carbons (Fsp3) is 0.478. The van der Waals surface area contributed by atoms with E-state index in [-0.39, 0.29) is 29.7 Å². The highest BCUT2D eigenvalue weighted by Gasteiger charge is 2.27. The number of benzene rings is 1. The Kier molecular flexibility index (Phi) is 6.84. The molecule has 3 N–H and O–H groups in total. The van der Waals surface area contributed by atoms with E-state index >= 15 is 0 Å². The molecule has 0 aliphatic heterocycles. The van der Waals surface area contributed by atoms with Gasteiger partial charge in [-0.1, -0.05) is 31.9 Å². The maximum absolute atomic E-state index is 12.2. The van der Waals surface area contributed by atoms with Crippen LogP contribution < -0.4 is 10.6 Å². The molecule has 0 radical (unpaired) electrons. The van der Waals surface area contributed by atoms with E-state index < -0.39 is 0 Å². The van der Waals surface area contributed by atoms with Gasteiger partial charge in [0.1, 0.15) is 11.6 Å². The second-order valence-corrected chi connectivity index (χ2v) is 8.31. The van der Waals surface area contributed by atoms with E-state index in [1.54, 1.807) is 23.8 Å². The summed E-state index contributed by atoms with van der Waals surface area (Å²) in [5.74, 6) is 1.64. The lowest BCUT2D eigenvalue weighted by molar-refractivity contribution is -0.122. The average molecular weight is 439 g/mol. The molecule has 170 valence electrons. The van der Waals surface area contributed by atoms with Gasteiger partial charge in [-0.25, -0.2) is 0 Å². The second-order valence-electron chi connectivity index (χ2n) is 8.31. The molecule has 2 aromatic heterocycles. The Morgan fingerprint density at radius 3 is 2.66 bits per heavy atom. The molecule has 1 aliphatic rings. The van der Waals surface area contributed by atoms with Gasteiger partial charge in [-0.05, 0) is 42.7 Å². The first-order valence-electron chi connectivity index (χ1n) is 11.1. The van der Waals surface area contributed by atoms with E-state index in [9.17, 15) is 9.90 Å². The summed E-state index contributed by atoms with van der Waals surface area (Å²) < 4.78 is 6.77. The van der Waals surface area contributed by atoms with Crippen molar-refractivity contribution in [1.82, 2.24) is 25.1 Å². The standard InChI is InChI=1S/C23H30N6O3/c1-15(16-7-9-17(30)10-8-16)23-27-26-21-12-11-20(28-29(21)23)24-18-5-3-4-6-19(18)25-22(31)13-14-32-2/h7-12,15,18-19,30H,3-6,13-14H2,1-2H3,(H,24,28)(H,25,31)/t15-,18+,19-/m0/s1. The van der Waals surface area contributed by atoms with E-state index in [1.165, 1.54) is 0 Å². The molecule has 9 heteroatoms. The number of anilines is 1. The predicted molar refractivity (Wildman–Crippen MR) is 121 cm³/mol. The molecule has 1 saturated carbocycles. The van der Waals surface area contributed by atoms with E-state index in [2.05, 4.69) is 20.8 Å². The van der Waals surface area contributed by atoms with Gasteiger partial charge in [-0.2, -0.15) is 4.52 Å². The third-order valence-electron chi connectivity index (χ3n) is 6.05. The average Bonchev–Trinajstić information content (AvgIpc) is 3.22. The third kappa shape index (κ3) is 4.99. The Hall–Kier alpha value is -3.20. The number of hydrogen-bond acceptors (Lipinski definition) is 7. The number of fused-ring (bicyclic) bond motifs is 1. The van der Waals surface area contributed by atoms with Gasteiger partial charge in [0.15, 0.2) is 11.5 Å². The molecule has 2 heterocycles. The molecule has 32 heavy (non-hydrogen) atoms. The van der Waals surface area contributed by atoms with Crippen LogP contribution >= 0.6 is 0 Å². The predicted octanol–water partition coefficient (Wildman–Crippen LogP) is 2.86. The molecule has 0 bridgehead atoms. The number of phenols is 1. The zero-order chi connectivity index (χ0) is 22.5. The summed E-state index contributed by atoms with van der Waals surface area (Å²) in [6.07, 6.45) is 4.48. The molecule has 3 atom stereocenters. The lowest BCUT2D eigenvalue weighted by Crippen LogP contribution is -2.48. The van der Waals surface area contributed by atoms with E-state index in [1.807, 2.05) is 31.2 Å². The fourth-order valence-electron chi connectivity index (χ4n) is 4.20. The molecule has 0 unspecified atom stereocenters. The smallest absolute Gasteiger partial charge is 0.222 e. The molecule has 0 saturated heterocycles. The van der Waals surface area contributed by atoms with Crippen LogP contribution in [0.25, 0.3) is 5.65 Å². The number of ether oxygens (including phenoxy) is 1. The Morgan fingerprint density at radius 2 is 1.91 bits per heavy atom.